The van der Waals surface area contributed by atoms with Crippen molar-refractivity contribution in [3.63, 3.8) is 0 Å². The third kappa shape index (κ3) is 2.93. The fourth-order valence-corrected chi connectivity index (χ4v) is 3.32. The fraction of sp³-hybridized carbons (Fsp3) is 0.471. The molecule has 0 radical (unpaired) electrons. The smallest absolute Gasteiger partial charge is 0.226 e. The van der Waals surface area contributed by atoms with Gasteiger partial charge in [-0.15, -0.1) is 0 Å². The highest BCUT2D eigenvalue weighted by atomic mass is 16.2. The summed E-state index contributed by atoms with van der Waals surface area (Å²) in [7, 11) is 5.58. The van der Waals surface area contributed by atoms with Gasteiger partial charge >= 0.3 is 0 Å². The molecule has 128 valence electrons. The summed E-state index contributed by atoms with van der Waals surface area (Å²) in [5.74, 6) is 0.455. The molecule has 2 aromatic rings. The molecular weight excluding hydrogens is 306 g/mol. The van der Waals surface area contributed by atoms with Gasteiger partial charge in [-0.2, -0.15) is 0 Å². The van der Waals surface area contributed by atoms with E-state index >= 15 is 0 Å². The third-order valence-corrected chi connectivity index (χ3v) is 4.82. The highest BCUT2D eigenvalue weighted by Crippen LogP contribution is 2.34. The summed E-state index contributed by atoms with van der Waals surface area (Å²) >= 11 is 0. The van der Waals surface area contributed by atoms with Crippen LogP contribution in [0.1, 0.15) is 30.4 Å². The summed E-state index contributed by atoms with van der Waals surface area (Å²) in [6.07, 6.45) is 6.41. The normalized spacial score (nSPS) is 21.1. The van der Waals surface area contributed by atoms with Crippen molar-refractivity contribution in [1.29, 1.82) is 0 Å². The maximum absolute atomic E-state index is 12.8. The average molecular weight is 329 g/mol. The number of hydrogen-bond donors (Lipinski definition) is 1. The standard InChI is InChI=1S/C17H23N5O2/c1-20-9-4-5-12(20)11-19-17(24)13-6-7-14(23)22(3)15(13)16-18-8-10-21(16)2/h4-5,8-10,13,15H,6-7,11H2,1-3H3,(H,19,24)/t13-,15-/m0/s1. The lowest BCUT2D eigenvalue weighted by molar-refractivity contribution is -0.142. The third-order valence-electron chi connectivity index (χ3n) is 4.82. The Bertz CT molecular complexity index is 748. The number of carbonyl (C=O) groups excluding carboxylic acids is 2. The second kappa shape index (κ2) is 6.51. The number of rotatable bonds is 4. The molecule has 1 aliphatic rings. The maximum atomic E-state index is 12.8. The Morgan fingerprint density at radius 3 is 2.71 bits per heavy atom. The molecule has 2 amide bonds. The molecular formula is C17H23N5O2. The van der Waals surface area contributed by atoms with E-state index in [1.54, 1.807) is 18.1 Å². The van der Waals surface area contributed by atoms with Gasteiger partial charge in [-0.05, 0) is 18.6 Å². The van der Waals surface area contributed by atoms with E-state index in [-0.39, 0.29) is 23.8 Å². The monoisotopic (exact) mass is 329 g/mol. The van der Waals surface area contributed by atoms with Gasteiger partial charge in [0.25, 0.3) is 0 Å². The summed E-state index contributed by atoms with van der Waals surface area (Å²) in [5.41, 5.74) is 1.04. The topological polar surface area (TPSA) is 72.2 Å². The van der Waals surface area contributed by atoms with Crippen LogP contribution in [0.5, 0.6) is 0 Å². The summed E-state index contributed by atoms with van der Waals surface area (Å²) < 4.78 is 3.85. The number of nitrogens with one attached hydrogen (secondary N) is 1. The van der Waals surface area contributed by atoms with Crippen LogP contribution in [-0.2, 0) is 30.2 Å². The number of piperidine rings is 1. The number of likely N-dealkylation sites (tertiary alicyclic amines) is 1. The van der Waals surface area contributed by atoms with Gasteiger partial charge in [0, 0.05) is 51.8 Å². The van der Waals surface area contributed by atoms with Crippen LogP contribution in [0, 0.1) is 5.92 Å². The van der Waals surface area contributed by atoms with E-state index in [1.165, 1.54) is 0 Å². The molecule has 3 rings (SSSR count). The number of imidazole rings is 1. The molecule has 24 heavy (non-hydrogen) atoms. The molecule has 1 saturated heterocycles. The predicted molar refractivity (Wildman–Crippen MR) is 88.7 cm³/mol. The molecule has 2 atom stereocenters. The molecule has 2 aromatic heterocycles. The first kappa shape index (κ1) is 16.3. The Balaban J connectivity index is 1.78. The minimum atomic E-state index is -0.334. The molecule has 3 heterocycles. The Morgan fingerprint density at radius 2 is 2.08 bits per heavy atom. The number of hydrogen-bond acceptors (Lipinski definition) is 3. The summed E-state index contributed by atoms with van der Waals surface area (Å²) in [6.45, 7) is 0.476. The van der Waals surface area contributed by atoms with E-state index in [0.29, 0.717) is 19.4 Å². The minimum absolute atomic E-state index is 0.0384. The molecule has 0 unspecified atom stereocenters. The number of amides is 2. The Kier molecular flexibility index (Phi) is 4.42. The van der Waals surface area contributed by atoms with Crippen molar-refractivity contribution < 1.29 is 9.59 Å². The molecule has 1 N–H and O–H groups in total. The first-order valence-electron chi connectivity index (χ1n) is 8.10. The van der Waals surface area contributed by atoms with Crippen LogP contribution in [0.15, 0.2) is 30.7 Å². The van der Waals surface area contributed by atoms with Crippen molar-refractivity contribution in [1.82, 2.24) is 24.3 Å². The Labute approximate surface area is 141 Å². The fourth-order valence-electron chi connectivity index (χ4n) is 3.32. The van der Waals surface area contributed by atoms with E-state index in [1.807, 2.05) is 47.8 Å². The lowest BCUT2D eigenvalue weighted by atomic mass is 9.87. The van der Waals surface area contributed by atoms with Crippen LogP contribution in [-0.4, -0.2) is 37.9 Å². The minimum Gasteiger partial charge on any atom is -0.353 e. The van der Waals surface area contributed by atoms with E-state index in [4.69, 9.17) is 0 Å². The first-order valence-corrected chi connectivity index (χ1v) is 8.10. The zero-order valence-electron chi connectivity index (χ0n) is 14.3. The molecule has 0 aliphatic carbocycles. The van der Waals surface area contributed by atoms with E-state index < -0.39 is 0 Å². The number of aryl methyl sites for hydroxylation is 2. The van der Waals surface area contributed by atoms with Gasteiger partial charge in [0.1, 0.15) is 11.9 Å². The van der Waals surface area contributed by atoms with Crippen molar-refractivity contribution in [3.8, 4) is 0 Å². The van der Waals surface area contributed by atoms with Crippen molar-refractivity contribution in [2.75, 3.05) is 7.05 Å². The molecule has 7 nitrogen and oxygen atoms in total. The molecule has 7 heteroatoms. The van der Waals surface area contributed by atoms with Gasteiger partial charge in [0.05, 0.1) is 12.5 Å². The van der Waals surface area contributed by atoms with E-state index in [0.717, 1.165) is 11.5 Å². The van der Waals surface area contributed by atoms with E-state index in [9.17, 15) is 9.59 Å². The van der Waals surface area contributed by atoms with Gasteiger partial charge in [-0.25, -0.2) is 4.98 Å². The van der Waals surface area contributed by atoms with Crippen LogP contribution in [0.4, 0.5) is 0 Å². The molecule has 0 saturated carbocycles. The molecule has 1 fully saturated rings. The van der Waals surface area contributed by atoms with Crippen molar-refractivity contribution in [2.45, 2.75) is 25.4 Å². The summed E-state index contributed by atoms with van der Waals surface area (Å²) in [6, 6.07) is 3.60. The molecule has 0 bridgehead atoms. The SMILES string of the molecule is CN1C(=O)CC[C@H](C(=O)NCc2cccn2C)[C@H]1c1nccn1C. The second-order valence-electron chi connectivity index (χ2n) is 6.32. The van der Waals surface area contributed by atoms with Gasteiger partial charge in [0.2, 0.25) is 11.8 Å². The summed E-state index contributed by atoms with van der Waals surface area (Å²) in [4.78, 5) is 30.9. The Hall–Kier alpha value is -2.57. The zero-order valence-corrected chi connectivity index (χ0v) is 14.3. The van der Waals surface area contributed by atoms with Gasteiger partial charge in [0.15, 0.2) is 0 Å². The largest absolute Gasteiger partial charge is 0.353 e. The van der Waals surface area contributed by atoms with E-state index in [2.05, 4.69) is 10.3 Å². The highest BCUT2D eigenvalue weighted by Gasteiger charge is 2.40. The van der Waals surface area contributed by atoms with Crippen LogP contribution < -0.4 is 5.32 Å². The highest BCUT2D eigenvalue weighted by molar-refractivity contribution is 5.84. The lowest BCUT2D eigenvalue weighted by Gasteiger charge is -2.37. The van der Waals surface area contributed by atoms with Crippen LogP contribution >= 0.6 is 0 Å². The molecule has 0 spiro atoms. The second-order valence-corrected chi connectivity index (χ2v) is 6.32. The van der Waals surface area contributed by atoms with Crippen molar-refractivity contribution in [3.05, 3.63) is 42.2 Å². The molecule has 1 aliphatic heterocycles. The lowest BCUT2D eigenvalue weighted by Crippen LogP contribution is -2.47. The Morgan fingerprint density at radius 1 is 1.29 bits per heavy atom. The van der Waals surface area contributed by atoms with Gasteiger partial charge in [-0.1, -0.05) is 0 Å². The maximum Gasteiger partial charge on any atom is 0.226 e. The predicted octanol–water partition coefficient (Wildman–Crippen LogP) is 0.984. The number of carbonyl (C=O) groups is 2. The van der Waals surface area contributed by atoms with Gasteiger partial charge < -0.3 is 19.4 Å². The number of aromatic nitrogens is 3. The summed E-state index contributed by atoms with van der Waals surface area (Å²) in [5, 5.41) is 3.01. The zero-order chi connectivity index (χ0) is 17.3. The van der Waals surface area contributed by atoms with Crippen molar-refractivity contribution >= 4 is 11.8 Å². The quantitative estimate of drug-likeness (QED) is 0.909. The van der Waals surface area contributed by atoms with Crippen LogP contribution in [0.3, 0.4) is 0 Å². The molecule has 0 aromatic carbocycles. The average Bonchev–Trinajstić information content (AvgIpc) is 3.16. The number of nitrogens with zero attached hydrogens (tertiary/aromatic N) is 4. The van der Waals surface area contributed by atoms with Gasteiger partial charge in [-0.3, -0.25) is 9.59 Å². The van der Waals surface area contributed by atoms with Crippen molar-refractivity contribution in [2.24, 2.45) is 20.0 Å². The van der Waals surface area contributed by atoms with Crippen LogP contribution in [0.2, 0.25) is 0 Å². The first-order chi connectivity index (χ1) is 11.5. The van der Waals surface area contributed by atoms with Crippen LogP contribution in [0.25, 0.3) is 0 Å².